The Morgan fingerprint density at radius 3 is 2.14 bits per heavy atom. The summed E-state index contributed by atoms with van der Waals surface area (Å²) >= 11 is 1.46. The van der Waals surface area contributed by atoms with E-state index >= 15 is 0 Å². The summed E-state index contributed by atoms with van der Waals surface area (Å²) in [5.74, 6) is 1.25. The zero-order chi connectivity index (χ0) is 25.6. The molecule has 0 saturated heterocycles. The first-order valence-electron chi connectivity index (χ1n) is 12.1. The average Bonchev–Trinajstić information content (AvgIpc) is 3.08. The largest absolute Gasteiger partial charge is 0.416 e. The van der Waals surface area contributed by atoms with Crippen molar-refractivity contribution in [3.63, 3.8) is 0 Å². The van der Waals surface area contributed by atoms with Crippen molar-refractivity contribution in [1.82, 2.24) is 0 Å². The lowest BCUT2D eigenvalue weighted by molar-refractivity contribution is -0.137. The summed E-state index contributed by atoms with van der Waals surface area (Å²) in [5, 5.41) is 0.698. The van der Waals surface area contributed by atoms with E-state index in [9.17, 15) is 13.2 Å². The fourth-order valence-corrected chi connectivity index (χ4v) is 6.11. The van der Waals surface area contributed by atoms with Crippen molar-refractivity contribution in [2.75, 3.05) is 11.2 Å². The molecule has 0 atom stereocenters. The Morgan fingerprint density at radius 1 is 1.00 bits per heavy atom. The van der Waals surface area contributed by atoms with Crippen molar-refractivity contribution >= 4 is 34.1 Å². The smallest absolute Gasteiger partial charge is 0.307 e. The van der Waals surface area contributed by atoms with Crippen LogP contribution in [0.15, 0.2) is 52.4 Å². The molecule has 0 aromatic heterocycles. The fraction of sp³-hybridized carbons (Fsp3) is 0.500. The molecular formula is C28H34F3N3S. The lowest BCUT2D eigenvalue weighted by atomic mass is 9.66. The van der Waals surface area contributed by atoms with Crippen molar-refractivity contribution in [1.29, 1.82) is 0 Å². The number of nitrogens with zero attached hydrogens (tertiary/aromatic N) is 3. The number of aliphatic imine (C=N–C) groups is 2. The van der Waals surface area contributed by atoms with E-state index in [1.54, 1.807) is 6.07 Å². The number of rotatable bonds is 2. The number of anilines is 1. The van der Waals surface area contributed by atoms with Gasteiger partial charge in [-0.15, -0.1) is 0 Å². The Morgan fingerprint density at radius 2 is 1.60 bits per heavy atom. The van der Waals surface area contributed by atoms with Crippen molar-refractivity contribution in [2.24, 2.45) is 21.3 Å². The number of aryl methyl sites for hydroxylation is 2. The highest BCUT2D eigenvalue weighted by Crippen LogP contribution is 2.49. The van der Waals surface area contributed by atoms with E-state index in [2.05, 4.69) is 20.8 Å². The van der Waals surface area contributed by atoms with Crippen LogP contribution in [0.2, 0.25) is 0 Å². The van der Waals surface area contributed by atoms with Crippen LogP contribution >= 0.6 is 11.8 Å². The van der Waals surface area contributed by atoms with Gasteiger partial charge in [-0.1, -0.05) is 56.8 Å². The fourth-order valence-electron chi connectivity index (χ4n) is 5.47. The maximum absolute atomic E-state index is 13.6. The Kier molecular flexibility index (Phi) is 6.86. The highest BCUT2D eigenvalue weighted by Gasteiger charge is 2.52. The number of thioether (sulfide) groups is 1. The minimum absolute atomic E-state index is 0.175. The molecular weight excluding hydrogens is 467 g/mol. The van der Waals surface area contributed by atoms with E-state index < -0.39 is 17.3 Å². The van der Waals surface area contributed by atoms with Crippen LogP contribution in [0, 0.1) is 25.2 Å². The lowest BCUT2D eigenvalue weighted by Gasteiger charge is -2.47. The number of alkyl halides is 3. The molecule has 0 bridgehead atoms. The monoisotopic (exact) mass is 501 g/mol. The maximum Gasteiger partial charge on any atom is 0.416 e. The minimum atomic E-state index is -4.40. The van der Waals surface area contributed by atoms with E-state index in [1.807, 2.05) is 43.2 Å². The predicted octanol–water partition coefficient (Wildman–Crippen LogP) is 8.57. The summed E-state index contributed by atoms with van der Waals surface area (Å²) in [6, 6.07) is 11.7. The summed E-state index contributed by atoms with van der Waals surface area (Å²) in [4.78, 5) is 12.1. The number of amidine groups is 2. The van der Waals surface area contributed by atoms with Gasteiger partial charge in [0.2, 0.25) is 0 Å². The van der Waals surface area contributed by atoms with Crippen LogP contribution in [-0.4, -0.2) is 22.8 Å². The second kappa shape index (κ2) is 9.30. The van der Waals surface area contributed by atoms with Crippen molar-refractivity contribution in [2.45, 2.75) is 72.0 Å². The van der Waals surface area contributed by atoms with Crippen LogP contribution in [-0.2, 0) is 6.18 Å². The molecule has 0 amide bonds. The molecule has 4 rings (SSSR count). The van der Waals surface area contributed by atoms with Crippen molar-refractivity contribution in [3.05, 3.63) is 59.2 Å². The van der Waals surface area contributed by atoms with Crippen LogP contribution in [0.3, 0.4) is 0 Å². The molecule has 1 fully saturated rings. The number of hydrogen-bond donors (Lipinski definition) is 0. The van der Waals surface area contributed by atoms with E-state index in [-0.39, 0.29) is 5.41 Å². The van der Waals surface area contributed by atoms with Crippen LogP contribution < -0.4 is 4.90 Å². The molecule has 3 nitrogen and oxygen atoms in total. The Labute approximate surface area is 210 Å². The number of benzene rings is 2. The highest BCUT2D eigenvalue weighted by atomic mass is 32.2. The molecule has 1 aliphatic heterocycles. The Bertz CT molecular complexity index is 1130. The molecule has 2 aromatic carbocycles. The van der Waals surface area contributed by atoms with Gasteiger partial charge in [-0.05, 0) is 86.4 Å². The highest BCUT2D eigenvalue weighted by molar-refractivity contribution is 8.13. The normalized spacial score (nSPS) is 24.4. The first-order valence-corrected chi connectivity index (χ1v) is 13.3. The zero-order valence-corrected chi connectivity index (χ0v) is 22.1. The number of para-hydroxylation sites is 1. The standard InChI is InChI=1S/C28H34F3N3S/c1-18-9-7-10-19(2)23(18)32-24-27(15-13-20(14-16-27)26(3,4)5)34(25(33-24)35-6)22-12-8-11-21(17-22)28(29,30)31/h7-12,17,20H,13-16H2,1-6H3. The topological polar surface area (TPSA) is 28.0 Å². The van der Waals surface area contributed by atoms with Crippen LogP contribution in [0.25, 0.3) is 0 Å². The summed E-state index contributed by atoms with van der Waals surface area (Å²) < 4.78 is 40.9. The molecule has 0 N–H and O–H groups in total. The van der Waals surface area contributed by atoms with Crippen LogP contribution in [0.5, 0.6) is 0 Å². The van der Waals surface area contributed by atoms with E-state index in [4.69, 9.17) is 9.98 Å². The van der Waals surface area contributed by atoms with Gasteiger partial charge >= 0.3 is 6.18 Å². The van der Waals surface area contributed by atoms with E-state index in [1.165, 1.54) is 23.9 Å². The molecule has 1 spiro atoms. The molecule has 35 heavy (non-hydrogen) atoms. The zero-order valence-electron chi connectivity index (χ0n) is 21.3. The average molecular weight is 502 g/mol. The van der Waals surface area contributed by atoms with E-state index in [0.29, 0.717) is 22.6 Å². The minimum Gasteiger partial charge on any atom is -0.307 e. The first kappa shape index (κ1) is 25.8. The maximum atomic E-state index is 13.6. The van der Waals surface area contributed by atoms with Gasteiger partial charge in [-0.2, -0.15) is 13.2 Å². The first-order chi connectivity index (χ1) is 16.4. The number of hydrogen-bond acceptors (Lipinski definition) is 3. The molecule has 0 radical (unpaired) electrons. The summed E-state index contributed by atoms with van der Waals surface area (Å²) in [5.41, 5.74) is 2.51. The molecule has 2 aromatic rings. The van der Waals surface area contributed by atoms with Crippen LogP contribution in [0.1, 0.15) is 63.1 Å². The SMILES string of the molecule is CSC1=NC(=Nc2c(C)cccc2C)C2(CCC(C(C)(C)C)CC2)N1c1cccc(C(F)(F)F)c1. The Hall–Kier alpha value is -2.28. The molecule has 1 heterocycles. The summed E-state index contributed by atoms with van der Waals surface area (Å²) in [7, 11) is 0. The quantitative estimate of drug-likeness (QED) is 0.412. The molecule has 2 aliphatic rings. The van der Waals surface area contributed by atoms with Crippen molar-refractivity contribution < 1.29 is 13.2 Å². The second-order valence-electron chi connectivity index (χ2n) is 10.8. The predicted molar refractivity (Wildman–Crippen MR) is 142 cm³/mol. The summed E-state index contributed by atoms with van der Waals surface area (Å²) in [6.45, 7) is 10.9. The summed E-state index contributed by atoms with van der Waals surface area (Å²) in [6.07, 6.45) is 1.06. The van der Waals surface area contributed by atoms with Gasteiger partial charge in [-0.25, -0.2) is 9.98 Å². The lowest BCUT2D eigenvalue weighted by Crippen LogP contribution is -2.54. The molecule has 0 unspecified atom stereocenters. The third-order valence-corrected chi connectivity index (χ3v) is 8.19. The third-order valence-electron chi connectivity index (χ3n) is 7.55. The molecule has 7 heteroatoms. The van der Waals surface area contributed by atoms with Gasteiger partial charge < -0.3 is 4.90 Å². The van der Waals surface area contributed by atoms with Gasteiger partial charge in [0, 0.05) is 5.69 Å². The van der Waals surface area contributed by atoms with E-state index in [0.717, 1.165) is 48.6 Å². The van der Waals surface area contributed by atoms with Gasteiger partial charge in [0.05, 0.1) is 11.3 Å². The van der Waals surface area contributed by atoms with Gasteiger partial charge in [0.25, 0.3) is 0 Å². The molecule has 1 aliphatic carbocycles. The van der Waals surface area contributed by atoms with Gasteiger partial charge in [-0.3, -0.25) is 0 Å². The second-order valence-corrected chi connectivity index (χ2v) is 11.6. The van der Waals surface area contributed by atoms with Gasteiger partial charge in [0.1, 0.15) is 5.54 Å². The van der Waals surface area contributed by atoms with Gasteiger partial charge in [0.15, 0.2) is 11.0 Å². The third kappa shape index (κ3) is 4.89. The molecule has 1 saturated carbocycles. The molecule has 188 valence electrons. The Balaban J connectivity index is 1.87. The van der Waals surface area contributed by atoms with Crippen LogP contribution in [0.4, 0.5) is 24.5 Å². The van der Waals surface area contributed by atoms with Crippen molar-refractivity contribution in [3.8, 4) is 0 Å². The number of halogens is 3.